The van der Waals surface area contributed by atoms with Crippen molar-refractivity contribution in [3.05, 3.63) is 160 Å². The maximum Gasteiger partial charge on any atom is -0.172 e. The monoisotopic (exact) mass is 820 g/mol. The molecule has 0 spiro atoms. The zero-order valence-corrected chi connectivity index (χ0v) is 37.9. The van der Waals surface area contributed by atoms with E-state index in [1.54, 1.807) is 51.5 Å². The molecule has 0 N–H and O–H groups in total. The standard InChI is InChI=1S/C29H37.C14H14Si.C5H5.2ClH.Zr/c1-18-25-22-17-19-13-9-10-14-20(19)24(22)21-15-11-12-16-23(21)29(25,8)28(6,7)27(4,5)26(18,2)3;1-11-5-3-7-13(9-11)15-14-8-4-6-12(2)10-14;1-2-4-5-3-1;;;/h9-11,13-15,23H,12,16-17H2,1-8H3;3-10H,1-2H3;1-5H;2*1H;/q-1;;-1;;;+2/p-2. The summed E-state index contributed by atoms with van der Waals surface area (Å²) >= 11 is 1.65. The summed E-state index contributed by atoms with van der Waals surface area (Å²) in [4.78, 5) is 0. The third kappa shape index (κ3) is 7.05. The van der Waals surface area contributed by atoms with Crippen LogP contribution < -0.4 is 35.2 Å². The van der Waals surface area contributed by atoms with Crippen molar-refractivity contribution in [3.8, 4) is 0 Å². The van der Waals surface area contributed by atoms with Gasteiger partial charge >= 0.3 is 113 Å². The minimum absolute atomic E-state index is 0. The molecule has 4 aliphatic carbocycles. The van der Waals surface area contributed by atoms with Crippen molar-refractivity contribution in [1.29, 1.82) is 0 Å². The molecule has 0 radical (unpaired) electrons. The fourth-order valence-corrected chi connectivity index (χ4v) is 13.6. The minimum Gasteiger partial charge on any atom is -1.00 e. The summed E-state index contributed by atoms with van der Waals surface area (Å²) < 4.78 is 0. The van der Waals surface area contributed by atoms with Gasteiger partial charge in [0.15, 0.2) is 0 Å². The number of halogens is 2. The molecule has 2 atom stereocenters. The van der Waals surface area contributed by atoms with Gasteiger partial charge in [0, 0.05) is 0 Å². The zero-order chi connectivity index (χ0) is 36.1. The van der Waals surface area contributed by atoms with Crippen LogP contribution in [0.4, 0.5) is 0 Å². The van der Waals surface area contributed by atoms with Crippen LogP contribution in [0, 0.1) is 47.3 Å². The Labute approximate surface area is 343 Å². The average molecular weight is 823 g/mol. The Morgan fingerprint density at radius 3 is 1.87 bits per heavy atom. The molecule has 0 saturated heterocycles. The van der Waals surface area contributed by atoms with E-state index in [-0.39, 0.29) is 46.5 Å². The Kier molecular flexibility index (Phi) is 13.3. The molecule has 2 unspecified atom stereocenters. The number of rotatable bonds is 2. The van der Waals surface area contributed by atoms with Gasteiger partial charge in [-0.1, -0.05) is 113 Å². The van der Waals surface area contributed by atoms with E-state index in [4.69, 9.17) is 0 Å². The summed E-state index contributed by atoms with van der Waals surface area (Å²) in [6.45, 7) is 24.6. The molecular weight excluding hydrogens is 767 g/mol. The van der Waals surface area contributed by atoms with E-state index in [1.807, 2.05) is 30.3 Å². The first kappa shape index (κ1) is 42.5. The third-order valence-corrected chi connectivity index (χ3v) is 20.0. The molecule has 1 saturated carbocycles. The quantitative estimate of drug-likeness (QED) is 0.190. The van der Waals surface area contributed by atoms with E-state index in [0.717, 1.165) is 6.42 Å². The van der Waals surface area contributed by atoms with Crippen molar-refractivity contribution in [2.75, 3.05) is 0 Å². The first-order valence-electron chi connectivity index (χ1n) is 18.6. The third-order valence-electron chi connectivity index (χ3n) is 14.0. The molecule has 0 heterocycles. The van der Waals surface area contributed by atoms with Crippen LogP contribution in [0.5, 0.6) is 0 Å². The van der Waals surface area contributed by atoms with E-state index in [1.165, 1.54) is 45.5 Å². The maximum atomic E-state index is 2.62. The Balaban J connectivity index is 0.000000221. The van der Waals surface area contributed by atoms with Gasteiger partial charge in [0.1, 0.15) is 0 Å². The van der Waals surface area contributed by atoms with Gasteiger partial charge in [0.05, 0.1) is 0 Å². The summed E-state index contributed by atoms with van der Waals surface area (Å²) in [5.74, 6) is 2.24. The normalized spacial score (nSPS) is 22.5. The predicted molar refractivity (Wildman–Crippen MR) is 214 cm³/mol. The molecular formula is C48H56Cl2SiZr-2. The van der Waals surface area contributed by atoms with Crippen LogP contribution in [0.2, 0.25) is 0 Å². The number of hydrogen-bond donors (Lipinski definition) is 0. The summed E-state index contributed by atoms with van der Waals surface area (Å²) in [5, 5.41) is 3.07. The van der Waals surface area contributed by atoms with Gasteiger partial charge in [-0.15, -0.1) is 6.92 Å². The molecule has 0 nitrogen and oxygen atoms in total. The van der Waals surface area contributed by atoms with Crippen molar-refractivity contribution in [3.63, 3.8) is 0 Å². The van der Waals surface area contributed by atoms with E-state index >= 15 is 0 Å². The Bertz CT molecular complexity index is 1920. The van der Waals surface area contributed by atoms with Crippen molar-refractivity contribution in [2.45, 2.75) is 88.5 Å². The molecule has 0 aromatic heterocycles. The van der Waals surface area contributed by atoms with Gasteiger partial charge in [-0.25, -0.2) is 18.1 Å². The minimum atomic E-state index is -0.499. The van der Waals surface area contributed by atoms with Crippen LogP contribution in [0.25, 0.3) is 5.57 Å². The van der Waals surface area contributed by atoms with Gasteiger partial charge in [-0.3, -0.25) is 0 Å². The van der Waals surface area contributed by atoms with Crippen molar-refractivity contribution in [2.24, 2.45) is 27.6 Å². The summed E-state index contributed by atoms with van der Waals surface area (Å²) in [7, 11) is 0. The summed E-state index contributed by atoms with van der Waals surface area (Å²) in [6.07, 6.45) is 8.50. The Morgan fingerprint density at radius 2 is 1.33 bits per heavy atom. The number of fused-ring (bicyclic) bond motifs is 6. The molecule has 272 valence electrons. The van der Waals surface area contributed by atoms with E-state index in [0.29, 0.717) is 5.92 Å². The van der Waals surface area contributed by atoms with Gasteiger partial charge in [0.25, 0.3) is 0 Å². The molecule has 1 fully saturated rings. The second-order valence-corrected chi connectivity index (χ2v) is 22.4. The average Bonchev–Trinajstić information content (AvgIpc) is 3.80. The van der Waals surface area contributed by atoms with Gasteiger partial charge in [-0.05, 0) is 40.6 Å². The van der Waals surface area contributed by atoms with Crippen molar-refractivity contribution >= 4 is 21.4 Å². The van der Waals surface area contributed by atoms with Crippen LogP contribution in [0.1, 0.15) is 90.5 Å². The van der Waals surface area contributed by atoms with E-state index < -0.39 is 5.43 Å². The summed E-state index contributed by atoms with van der Waals surface area (Å²) in [5.41, 5.74) is 12.5. The molecule has 4 aromatic carbocycles. The topological polar surface area (TPSA) is 0 Å². The second kappa shape index (κ2) is 16.3. The maximum absolute atomic E-state index is 2.62. The van der Waals surface area contributed by atoms with E-state index in [9.17, 15) is 0 Å². The van der Waals surface area contributed by atoms with Crippen molar-refractivity contribution in [1.82, 2.24) is 0 Å². The fraction of sp³-hybridized carbons (Fsp3) is 0.375. The number of allylic oxidation sites excluding steroid dienone is 6. The smallest absolute Gasteiger partial charge is 0.172 e. The number of benzene rings is 3. The van der Waals surface area contributed by atoms with Crippen LogP contribution >= 0.6 is 0 Å². The SMILES string of the molecule is C[C-]1C2=C3Cc4ccccc4C3=C3C=CCCC3C2(C)C(C)(C)C(C)(C)C1(C)C.Cc1cccc([Si](=[Zr+2])c2cccc(C)c2)c1.[Cl-].[Cl-].c1cc[cH-]c1. The molecule has 4 aromatic rings. The second-order valence-electron chi connectivity index (χ2n) is 16.8. The van der Waals surface area contributed by atoms with Crippen LogP contribution in [0.15, 0.2) is 132 Å². The first-order chi connectivity index (χ1) is 23.6. The van der Waals surface area contributed by atoms with E-state index in [2.05, 4.69) is 154 Å². The molecule has 8 rings (SSSR count). The Morgan fingerprint density at radius 1 is 0.750 bits per heavy atom. The zero-order valence-electron chi connectivity index (χ0n) is 32.9. The van der Waals surface area contributed by atoms with Gasteiger partial charge in [-0.2, -0.15) is 29.3 Å². The largest absolute Gasteiger partial charge is 1.00 e. The molecule has 0 amide bonds. The predicted octanol–water partition coefficient (Wildman–Crippen LogP) is 5.34. The summed E-state index contributed by atoms with van der Waals surface area (Å²) in [6, 6.07) is 37.1. The fourth-order valence-electron chi connectivity index (χ4n) is 9.66. The van der Waals surface area contributed by atoms with Crippen LogP contribution in [0.3, 0.4) is 0 Å². The van der Waals surface area contributed by atoms with Gasteiger partial charge in [0.2, 0.25) is 0 Å². The molecule has 0 aliphatic heterocycles. The molecule has 4 heteroatoms. The molecule has 4 aliphatic rings. The first-order valence-corrected chi connectivity index (χ1v) is 23.8. The van der Waals surface area contributed by atoms with Crippen LogP contribution in [-0.4, -0.2) is 5.43 Å². The number of hydrogen-bond acceptors (Lipinski definition) is 0. The molecule has 0 bridgehead atoms. The van der Waals surface area contributed by atoms with Crippen molar-refractivity contribution < 1.29 is 48.1 Å². The Hall–Kier alpha value is -2.22. The van der Waals surface area contributed by atoms with Crippen LogP contribution in [-0.2, 0) is 29.8 Å². The molecule has 52 heavy (non-hydrogen) atoms. The van der Waals surface area contributed by atoms with Gasteiger partial charge < -0.3 is 24.8 Å². The number of aryl methyl sites for hydroxylation is 2.